The normalized spacial score (nSPS) is 12.1. The van der Waals surface area contributed by atoms with Gasteiger partial charge >= 0.3 is 6.98 Å². The van der Waals surface area contributed by atoms with Gasteiger partial charge in [-0.25, -0.2) is 0 Å². The van der Waals surface area contributed by atoms with Gasteiger partial charge in [-0.15, -0.1) is 0 Å². The van der Waals surface area contributed by atoms with Crippen LogP contribution in [0.2, 0.25) is 0 Å². The summed E-state index contributed by atoms with van der Waals surface area (Å²) < 4.78 is 41.4. The van der Waals surface area contributed by atoms with Crippen LogP contribution in [0.1, 0.15) is 18.4 Å². The summed E-state index contributed by atoms with van der Waals surface area (Å²) in [6, 6.07) is 0. The Balaban J connectivity index is 3.19. The highest BCUT2D eigenvalue weighted by Crippen LogP contribution is 2.14. The van der Waals surface area contributed by atoms with Gasteiger partial charge in [0.1, 0.15) is 5.76 Å². The summed E-state index contributed by atoms with van der Waals surface area (Å²) in [7, 11) is 0. The molecule has 6 heteroatoms. The van der Waals surface area contributed by atoms with Gasteiger partial charge in [0.15, 0.2) is 0 Å². The lowest BCUT2D eigenvalue weighted by Gasteiger charge is -2.13. The van der Waals surface area contributed by atoms with Crippen LogP contribution in [-0.2, 0) is 6.42 Å². The van der Waals surface area contributed by atoms with E-state index in [1.807, 2.05) is 0 Å². The Morgan fingerprint density at radius 1 is 1.42 bits per heavy atom. The lowest BCUT2D eigenvalue weighted by molar-refractivity contribution is 0.383. The van der Waals surface area contributed by atoms with Crippen molar-refractivity contribution in [3.8, 4) is 0 Å². The van der Waals surface area contributed by atoms with E-state index in [1.54, 1.807) is 6.92 Å². The van der Waals surface area contributed by atoms with Crippen LogP contribution in [0.25, 0.3) is 0 Å². The first-order chi connectivity index (χ1) is 5.46. The van der Waals surface area contributed by atoms with Crippen molar-refractivity contribution >= 4 is 12.4 Å². The zero-order chi connectivity index (χ0) is 9.35. The summed E-state index contributed by atoms with van der Waals surface area (Å²) >= 11 is 0. The summed E-state index contributed by atoms with van der Waals surface area (Å²) in [4.78, 5) is 0. The molecule has 0 bridgehead atoms. The molecule has 0 saturated heterocycles. The lowest BCUT2D eigenvalue weighted by Crippen LogP contribution is -2.37. The fraction of sp³-hybridized carbons (Fsp3) is 0.500. The van der Waals surface area contributed by atoms with Gasteiger partial charge in [-0.3, -0.25) is 0 Å². The van der Waals surface area contributed by atoms with Gasteiger partial charge in [-0.1, -0.05) is 12.1 Å². The minimum Gasteiger partial charge on any atom is -0.445 e. The Morgan fingerprint density at radius 3 is 2.33 bits per heavy atom. The highest BCUT2D eigenvalue weighted by Gasteiger charge is 2.32. The molecule has 0 aliphatic carbocycles. The Labute approximate surface area is 67.8 Å². The second-order valence-corrected chi connectivity index (χ2v) is 2.53. The predicted octanol–water partition coefficient (Wildman–Crippen LogP) is 1.60. The third-order valence-electron chi connectivity index (χ3n) is 1.63. The van der Waals surface area contributed by atoms with Crippen molar-refractivity contribution in [3.05, 3.63) is 11.5 Å². The molecule has 0 unspecified atom stereocenters. The van der Waals surface area contributed by atoms with E-state index >= 15 is 0 Å². The third-order valence-corrected chi connectivity index (χ3v) is 1.63. The van der Waals surface area contributed by atoms with Gasteiger partial charge in [-0.2, -0.15) is 0 Å². The molecule has 0 saturated carbocycles. The molecule has 0 spiro atoms. The highest BCUT2D eigenvalue weighted by molar-refractivity contribution is 6.74. The minimum atomic E-state index is -4.98. The Morgan fingerprint density at radius 2 is 2.00 bits per heavy atom. The molecule has 1 aromatic rings. The molecule has 0 aliphatic heterocycles. The topological polar surface area (TPSA) is 26.0 Å². The molecular weight excluding hydrogens is 170 g/mol. The number of rotatable bonds is 2. The second kappa shape index (κ2) is 2.84. The number of aromatic nitrogens is 1. The minimum absolute atomic E-state index is 0.0694. The van der Waals surface area contributed by atoms with E-state index in [9.17, 15) is 12.9 Å². The number of aryl methyl sites for hydroxylation is 2. The monoisotopic (exact) mass is 178 g/mol. The largest absolute Gasteiger partial charge is 0.514 e. The van der Waals surface area contributed by atoms with E-state index in [1.165, 1.54) is 6.92 Å². The van der Waals surface area contributed by atoms with Crippen LogP contribution in [0.3, 0.4) is 0 Å². The standard InChI is InChI=1S/C6H8BF3NO/c1-3-5-6(7(8,9)10)4(2)11-12-5/h3H2,1-2H3/q-1. The van der Waals surface area contributed by atoms with Crippen LogP contribution >= 0.6 is 0 Å². The Hall–Kier alpha value is -0.935. The van der Waals surface area contributed by atoms with Crippen LogP contribution in [0.5, 0.6) is 0 Å². The van der Waals surface area contributed by atoms with Crippen LogP contribution < -0.4 is 5.46 Å². The predicted molar refractivity (Wildman–Crippen MR) is 39.3 cm³/mol. The van der Waals surface area contributed by atoms with E-state index in [4.69, 9.17) is 0 Å². The first-order valence-corrected chi connectivity index (χ1v) is 3.61. The number of hydrogen-bond acceptors (Lipinski definition) is 2. The first-order valence-electron chi connectivity index (χ1n) is 3.61. The molecule has 1 rings (SSSR count). The van der Waals surface area contributed by atoms with Gasteiger partial charge in [0.25, 0.3) is 0 Å². The van der Waals surface area contributed by atoms with Crippen molar-refractivity contribution in [2.24, 2.45) is 0 Å². The molecule has 0 amide bonds. The molecule has 0 aromatic carbocycles. The summed E-state index contributed by atoms with van der Waals surface area (Å²) in [6.45, 7) is -2.08. The second-order valence-electron chi connectivity index (χ2n) is 2.53. The molecule has 0 aliphatic rings. The molecule has 1 heterocycles. The van der Waals surface area contributed by atoms with Crippen molar-refractivity contribution in [3.63, 3.8) is 0 Å². The van der Waals surface area contributed by atoms with E-state index in [2.05, 4.69) is 9.68 Å². The molecule has 68 valence electrons. The maximum Gasteiger partial charge on any atom is 0.514 e. The molecule has 12 heavy (non-hydrogen) atoms. The van der Waals surface area contributed by atoms with E-state index in [-0.39, 0.29) is 17.9 Å². The summed E-state index contributed by atoms with van der Waals surface area (Å²) in [5.41, 5.74) is -0.739. The van der Waals surface area contributed by atoms with Gasteiger partial charge in [-0.05, 0) is 12.4 Å². The van der Waals surface area contributed by atoms with E-state index in [0.29, 0.717) is 0 Å². The van der Waals surface area contributed by atoms with Crippen LogP contribution in [0.15, 0.2) is 4.52 Å². The molecular formula is C6H8BF3NO-. The SMILES string of the molecule is CCc1onc(C)c1[B-](F)(F)F. The molecule has 1 aromatic heterocycles. The fourth-order valence-corrected chi connectivity index (χ4v) is 1.10. The molecule has 0 N–H and O–H groups in total. The maximum atomic E-state index is 12.3. The van der Waals surface area contributed by atoms with Gasteiger partial charge in [0.2, 0.25) is 0 Å². The van der Waals surface area contributed by atoms with Crippen molar-refractivity contribution in [1.29, 1.82) is 0 Å². The molecule has 0 radical (unpaired) electrons. The van der Waals surface area contributed by atoms with Gasteiger partial charge < -0.3 is 17.5 Å². The Bertz CT molecular complexity index is 281. The van der Waals surface area contributed by atoms with Crippen molar-refractivity contribution in [1.82, 2.24) is 5.16 Å². The third kappa shape index (κ3) is 1.46. The molecule has 0 atom stereocenters. The molecule has 0 fully saturated rings. The van der Waals surface area contributed by atoms with Crippen LogP contribution in [-0.4, -0.2) is 12.1 Å². The average Bonchev–Trinajstić information content (AvgIpc) is 2.29. The number of nitrogens with zero attached hydrogens (tertiary/aromatic N) is 1. The first kappa shape index (κ1) is 9.16. The van der Waals surface area contributed by atoms with E-state index in [0.717, 1.165) is 0 Å². The zero-order valence-corrected chi connectivity index (χ0v) is 6.77. The van der Waals surface area contributed by atoms with Crippen molar-refractivity contribution in [2.45, 2.75) is 20.3 Å². The summed E-state index contributed by atoms with van der Waals surface area (Å²) in [6.07, 6.45) is 0.220. The van der Waals surface area contributed by atoms with Crippen molar-refractivity contribution in [2.75, 3.05) is 0 Å². The van der Waals surface area contributed by atoms with Gasteiger partial charge in [0.05, 0.1) is 5.69 Å². The van der Waals surface area contributed by atoms with Gasteiger partial charge in [0, 0.05) is 6.42 Å². The van der Waals surface area contributed by atoms with Crippen molar-refractivity contribution < 1.29 is 17.5 Å². The quantitative estimate of drug-likeness (QED) is 0.642. The lowest BCUT2D eigenvalue weighted by atomic mass is 9.78. The summed E-state index contributed by atoms with van der Waals surface area (Å²) in [5.74, 6) is -0.0694. The smallest absolute Gasteiger partial charge is 0.445 e. The highest BCUT2D eigenvalue weighted by atomic mass is 19.4. The van der Waals surface area contributed by atoms with Crippen LogP contribution in [0.4, 0.5) is 12.9 Å². The van der Waals surface area contributed by atoms with E-state index < -0.39 is 12.4 Å². The van der Waals surface area contributed by atoms with Crippen LogP contribution in [0, 0.1) is 6.92 Å². The number of halogens is 3. The summed E-state index contributed by atoms with van der Waals surface area (Å²) in [5, 5.41) is 3.27. The zero-order valence-electron chi connectivity index (χ0n) is 6.77. The number of hydrogen-bond donors (Lipinski definition) is 0. The average molecular weight is 178 g/mol. The maximum absolute atomic E-state index is 12.3. The molecule has 2 nitrogen and oxygen atoms in total. The Kier molecular flexibility index (Phi) is 2.17. The fourth-order valence-electron chi connectivity index (χ4n) is 1.10.